The minimum atomic E-state index is -0.839. The van der Waals surface area contributed by atoms with E-state index in [-0.39, 0.29) is 0 Å². The number of pyridine rings is 1. The van der Waals surface area contributed by atoms with Crippen molar-refractivity contribution in [2.75, 3.05) is 6.54 Å². The molecule has 1 aromatic rings. The van der Waals surface area contributed by atoms with Gasteiger partial charge in [0.05, 0.1) is 0 Å². The van der Waals surface area contributed by atoms with Crippen LogP contribution in [0.1, 0.15) is 17.3 Å². The van der Waals surface area contributed by atoms with Crippen LogP contribution in [-0.4, -0.2) is 22.6 Å². The second-order valence-electron chi connectivity index (χ2n) is 3.01. The van der Waals surface area contributed by atoms with Crippen LogP contribution in [0.2, 0.25) is 0 Å². The molecular weight excluding hydrogens is 168 g/mol. The number of hydrogen-bond acceptors (Lipinski definition) is 3. The van der Waals surface area contributed by atoms with Gasteiger partial charge in [-0.25, -0.2) is 0 Å². The van der Waals surface area contributed by atoms with E-state index in [4.69, 9.17) is 5.11 Å². The lowest BCUT2D eigenvalue weighted by atomic mass is 9.99. The maximum absolute atomic E-state index is 10.8. The number of aromatic nitrogens is 1. The van der Waals surface area contributed by atoms with E-state index in [0.29, 0.717) is 6.54 Å². The van der Waals surface area contributed by atoms with Gasteiger partial charge in [-0.05, 0) is 6.07 Å². The Morgan fingerprint density at radius 1 is 1.69 bits per heavy atom. The first kappa shape index (κ1) is 8.19. The van der Waals surface area contributed by atoms with E-state index >= 15 is 0 Å². The summed E-state index contributed by atoms with van der Waals surface area (Å²) in [4.78, 5) is 15.0. The Kier molecular flexibility index (Phi) is 1.98. The van der Waals surface area contributed by atoms with Gasteiger partial charge < -0.3 is 10.4 Å². The molecule has 0 amide bonds. The van der Waals surface area contributed by atoms with Crippen molar-refractivity contribution >= 4 is 5.97 Å². The van der Waals surface area contributed by atoms with E-state index in [2.05, 4.69) is 10.3 Å². The molecule has 4 heteroatoms. The number of nitrogens with one attached hydrogen (secondary N) is 1. The van der Waals surface area contributed by atoms with Crippen molar-refractivity contribution in [3.63, 3.8) is 0 Å². The molecule has 0 saturated heterocycles. The molecule has 1 atom stereocenters. The van der Waals surface area contributed by atoms with Crippen LogP contribution < -0.4 is 5.32 Å². The molecular formula is C9H10N2O2. The summed E-state index contributed by atoms with van der Waals surface area (Å²) in [6, 6.07) is 2.99. The highest BCUT2D eigenvalue weighted by Crippen LogP contribution is 2.20. The van der Waals surface area contributed by atoms with Gasteiger partial charge in [0, 0.05) is 30.4 Å². The molecule has 1 unspecified atom stereocenters. The second-order valence-corrected chi connectivity index (χ2v) is 3.01. The first-order valence-electron chi connectivity index (χ1n) is 4.19. The molecule has 1 aromatic heterocycles. The second kappa shape index (κ2) is 3.14. The average Bonchev–Trinajstić information content (AvgIpc) is 2.17. The van der Waals surface area contributed by atoms with E-state index in [9.17, 15) is 4.79 Å². The topological polar surface area (TPSA) is 62.2 Å². The Labute approximate surface area is 75.6 Å². The van der Waals surface area contributed by atoms with Crippen LogP contribution in [-0.2, 0) is 11.2 Å². The summed E-state index contributed by atoms with van der Waals surface area (Å²) in [5, 5.41) is 11.8. The predicted octanol–water partition coefficient (Wildman–Crippen LogP) is 0.353. The van der Waals surface area contributed by atoms with Gasteiger partial charge in [0.25, 0.3) is 0 Å². The quantitative estimate of drug-likeness (QED) is 0.651. The number of rotatable bonds is 1. The van der Waals surface area contributed by atoms with E-state index < -0.39 is 12.0 Å². The number of aliphatic carboxylic acids is 1. The number of nitrogens with zero attached hydrogens (tertiary/aromatic N) is 1. The molecule has 2 rings (SSSR count). The van der Waals surface area contributed by atoms with E-state index in [1.165, 1.54) is 0 Å². The molecule has 68 valence electrons. The third kappa shape index (κ3) is 1.40. The van der Waals surface area contributed by atoms with Gasteiger partial charge in [0.2, 0.25) is 0 Å². The standard InChI is InChI=1S/C9H10N2O2/c12-9(13)8-6-2-1-4-10-7(6)3-5-11-8/h1-2,4,8,11H,3,5H2,(H,12,13). The maximum atomic E-state index is 10.8. The Balaban J connectivity index is 2.42. The minimum Gasteiger partial charge on any atom is -0.480 e. The number of hydrogen-bond donors (Lipinski definition) is 2. The number of fused-ring (bicyclic) bond motifs is 1. The first-order chi connectivity index (χ1) is 6.29. The zero-order chi connectivity index (χ0) is 9.26. The van der Waals surface area contributed by atoms with Crippen molar-refractivity contribution in [3.05, 3.63) is 29.6 Å². The average molecular weight is 178 g/mol. The molecule has 1 aliphatic heterocycles. The molecule has 0 fully saturated rings. The van der Waals surface area contributed by atoms with Crippen LogP contribution >= 0.6 is 0 Å². The van der Waals surface area contributed by atoms with Crippen LogP contribution in [0.25, 0.3) is 0 Å². The van der Waals surface area contributed by atoms with Crippen LogP contribution in [0.15, 0.2) is 18.3 Å². The highest BCUT2D eigenvalue weighted by Gasteiger charge is 2.25. The van der Waals surface area contributed by atoms with Crippen molar-refractivity contribution in [3.8, 4) is 0 Å². The Bertz CT molecular complexity index is 338. The molecule has 1 aliphatic rings. The summed E-state index contributed by atoms with van der Waals surface area (Å²) in [6.07, 6.45) is 2.50. The number of carboxylic acids is 1. The normalized spacial score (nSPS) is 20.8. The lowest BCUT2D eigenvalue weighted by Crippen LogP contribution is -2.35. The smallest absolute Gasteiger partial charge is 0.325 e. The zero-order valence-corrected chi connectivity index (χ0v) is 7.03. The summed E-state index contributed by atoms with van der Waals surface area (Å²) >= 11 is 0. The van der Waals surface area contributed by atoms with E-state index in [1.807, 2.05) is 6.07 Å². The van der Waals surface area contributed by atoms with Crippen molar-refractivity contribution in [1.82, 2.24) is 10.3 Å². The third-order valence-corrected chi connectivity index (χ3v) is 2.19. The van der Waals surface area contributed by atoms with Gasteiger partial charge in [-0.2, -0.15) is 0 Å². The summed E-state index contributed by atoms with van der Waals surface area (Å²) < 4.78 is 0. The molecule has 13 heavy (non-hydrogen) atoms. The lowest BCUT2D eigenvalue weighted by Gasteiger charge is -2.22. The van der Waals surface area contributed by atoms with Crippen LogP contribution in [0.4, 0.5) is 0 Å². The molecule has 2 N–H and O–H groups in total. The summed E-state index contributed by atoms with van der Waals surface area (Å²) in [7, 11) is 0. The number of carbonyl (C=O) groups is 1. The Morgan fingerprint density at radius 3 is 3.31 bits per heavy atom. The summed E-state index contributed by atoms with van der Waals surface area (Å²) in [5.41, 5.74) is 1.69. The van der Waals surface area contributed by atoms with Crippen LogP contribution in [0.3, 0.4) is 0 Å². The molecule has 4 nitrogen and oxygen atoms in total. The van der Waals surface area contributed by atoms with Crippen LogP contribution in [0, 0.1) is 0 Å². The van der Waals surface area contributed by atoms with E-state index in [1.54, 1.807) is 12.3 Å². The van der Waals surface area contributed by atoms with Crippen molar-refractivity contribution in [2.45, 2.75) is 12.5 Å². The highest BCUT2D eigenvalue weighted by molar-refractivity contribution is 5.76. The highest BCUT2D eigenvalue weighted by atomic mass is 16.4. The molecule has 0 aliphatic carbocycles. The fraction of sp³-hybridized carbons (Fsp3) is 0.333. The van der Waals surface area contributed by atoms with Gasteiger partial charge in [-0.1, -0.05) is 6.07 Å². The van der Waals surface area contributed by atoms with Crippen LogP contribution in [0.5, 0.6) is 0 Å². The molecule has 0 saturated carbocycles. The van der Waals surface area contributed by atoms with Gasteiger partial charge in [-0.15, -0.1) is 0 Å². The zero-order valence-electron chi connectivity index (χ0n) is 7.03. The lowest BCUT2D eigenvalue weighted by molar-refractivity contribution is -0.139. The van der Waals surface area contributed by atoms with E-state index in [0.717, 1.165) is 17.7 Å². The Hall–Kier alpha value is -1.42. The fourth-order valence-electron chi connectivity index (χ4n) is 1.59. The van der Waals surface area contributed by atoms with Gasteiger partial charge in [0.1, 0.15) is 6.04 Å². The monoisotopic (exact) mass is 178 g/mol. The Morgan fingerprint density at radius 2 is 2.54 bits per heavy atom. The molecule has 0 radical (unpaired) electrons. The van der Waals surface area contributed by atoms with Gasteiger partial charge in [0.15, 0.2) is 0 Å². The predicted molar refractivity (Wildman–Crippen MR) is 46.3 cm³/mol. The minimum absolute atomic E-state index is 0.586. The molecule has 2 heterocycles. The van der Waals surface area contributed by atoms with Crippen molar-refractivity contribution < 1.29 is 9.90 Å². The summed E-state index contributed by atoms with van der Waals surface area (Å²) in [5.74, 6) is -0.839. The molecule has 0 bridgehead atoms. The molecule has 0 spiro atoms. The SMILES string of the molecule is O=C(O)C1NCCc2ncccc21. The maximum Gasteiger partial charge on any atom is 0.325 e. The van der Waals surface area contributed by atoms with Gasteiger partial charge >= 0.3 is 5.97 Å². The van der Waals surface area contributed by atoms with Gasteiger partial charge in [-0.3, -0.25) is 9.78 Å². The molecule has 0 aromatic carbocycles. The fourth-order valence-corrected chi connectivity index (χ4v) is 1.59. The summed E-state index contributed by atoms with van der Waals surface area (Å²) in [6.45, 7) is 0.682. The number of carboxylic acid groups (broad SMARTS) is 1. The first-order valence-corrected chi connectivity index (χ1v) is 4.19. The largest absolute Gasteiger partial charge is 0.480 e. The van der Waals surface area contributed by atoms with Crippen molar-refractivity contribution in [2.24, 2.45) is 0 Å². The van der Waals surface area contributed by atoms with Crippen molar-refractivity contribution in [1.29, 1.82) is 0 Å². The third-order valence-electron chi connectivity index (χ3n) is 2.19.